The lowest BCUT2D eigenvalue weighted by Crippen LogP contribution is -2.45. The van der Waals surface area contributed by atoms with Crippen LogP contribution in [-0.4, -0.2) is 36.9 Å². The van der Waals surface area contributed by atoms with Crippen LogP contribution in [-0.2, 0) is 16.0 Å². The summed E-state index contributed by atoms with van der Waals surface area (Å²) >= 11 is 0. The fraction of sp³-hybridized carbons (Fsp3) is 0.222. The summed E-state index contributed by atoms with van der Waals surface area (Å²) < 4.78 is 0. The molecule has 33 heavy (non-hydrogen) atoms. The Labute approximate surface area is 194 Å². The number of hydrogen-bond donors (Lipinski definition) is 3. The Morgan fingerprint density at radius 3 is 2.15 bits per heavy atom. The first-order valence-electron chi connectivity index (χ1n) is 11.0. The van der Waals surface area contributed by atoms with Crippen molar-refractivity contribution in [2.45, 2.75) is 25.8 Å². The molecule has 0 heterocycles. The van der Waals surface area contributed by atoms with E-state index in [1.807, 2.05) is 78.9 Å². The normalized spacial score (nSPS) is 11.3. The van der Waals surface area contributed by atoms with E-state index in [0.717, 1.165) is 16.7 Å². The molecule has 170 valence electrons. The molecule has 6 nitrogen and oxygen atoms in total. The van der Waals surface area contributed by atoms with Gasteiger partial charge < -0.3 is 16.0 Å². The molecule has 0 bridgehead atoms. The predicted octanol–water partition coefficient (Wildman–Crippen LogP) is 3.34. The van der Waals surface area contributed by atoms with Crippen LogP contribution in [0.4, 0.5) is 0 Å². The summed E-state index contributed by atoms with van der Waals surface area (Å²) in [5.74, 6) is -0.674. The largest absolute Gasteiger partial charge is 0.350 e. The minimum atomic E-state index is -0.295. The first kappa shape index (κ1) is 23.7. The minimum Gasteiger partial charge on any atom is -0.350 e. The van der Waals surface area contributed by atoms with Crippen LogP contribution in [0.5, 0.6) is 0 Å². The molecule has 0 aliphatic carbocycles. The Balaban J connectivity index is 1.38. The van der Waals surface area contributed by atoms with Gasteiger partial charge in [0.1, 0.15) is 0 Å². The van der Waals surface area contributed by atoms with Crippen LogP contribution < -0.4 is 16.0 Å². The maximum atomic E-state index is 12.5. The zero-order valence-corrected chi connectivity index (χ0v) is 18.7. The molecule has 3 amide bonds. The van der Waals surface area contributed by atoms with E-state index in [0.29, 0.717) is 18.4 Å². The first-order chi connectivity index (χ1) is 16.0. The van der Waals surface area contributed by atoms with Crippen LogP contribution in [0.1, 0.15) is 29.3 Å². The van der Waals surface area contributed by atoms with E-state index < -0.39 is 0 Å². The zero-order valence-electron chi connectivity index (χ0n) is 18.7. The molecule has 3 aromatic carbocycles. The number of aryl methyl sites for hydroxylation is 1. The van der Waals surface area contributed by atoms with Gasteiger partial charge in [0.2, 0.25) is 11.8 Å². The molecule has 0 saturated heterocycles. The SMILES string of the molecule is CC(CNC(=O)c1cccc(-c2ccccc2)c1)NC(=O)CNC(=O)CCc1ccccc1. The van der Waals surface area contributed by atoms with Gasteiger partial charge in [-0.05, 0) is 42.2 Å². The lowest BCUT2D eigenvalue weighted by molar-refractivity contribution is -0.126. The second-order valence-electron chi connectivity index (χ2n) is 7.89. The third kappa shape index (κ3) is 7.92. The average molecular weight is 444 g/mol. The molecule has 0 spiro atoms. The summed E-state index contributed by atoms with van der Waals surface area (Å²) in [6.07, 6.45) is 0.952. The number of benzene rings is 3. The topological polar surface area (TPSA) is 87.3 Å². The second kappa shape index (κ2) is 12.2. The van der Waals surface area contributed by atoms with E-state index in [2.05, 4.69) is 16.0 Å². The molecule has 3 aromatic rings. The number of nitrogens with one attached hydrogen (secondary N) is 3. The number of rotatable bonds is 10. The van der Waals surface area contributed by atoms with Crippen molar-refractivity contribution >= 4 is 17.7 Å². The molecular weight excluding hydrogens is 414 g/mol. The van der Waals surface area contributed by atoms with Gasteiger partial charge in [0.15, 0.2) is 0 Å². The highest BCUT2D eigenvalue weighted by Crippen LogP contribution is 2.19. The van der Waals surface area contributed by atoms with E-state index in [1.165, 1.54) is 0 Å². The molecule has 3 rings (SSSR count). The van der Waals surface area contributed by atoms with Crippen LogP contribution in [0, 0.1) is 0 Å². The minimum absolute atomic E-state index is 0.0922. The van der Waals surface area contributed by atoms with Crippen molar-refractivity contribution in [3.8, 4) is 11.1 Å². The summed E-state index contributed by atoms with van der Waals surface area (Å²) in [6, 6.07) is 26.7. The molecule has 6 heteroatoms. The van der Waals surface area contributed by atoms with Crippen LogP contribution in [0.3, 0.4) is 0 Å². The summed E-state index contributed by atoms with van der Waals surface area (Å²) in [5.41, 5.74) is 3.64. The van der Waals surface area contributed by atoms with Gasteiger partial charge in [-0.3, -0.25) is 14.4 Å². The lowest BCUT2D eigenvalue weighted by atomic mass is 10.0. The quantitative estimate of drug-likeness (QED) is 0.449. The smallest absolute Gasteiger partial charge is 0.251 e. The van der Waals surface area contributed by atoms with Gasteiger partial charge in [-0.1, -0.05) is 72.8 Å². The summed E-state index contributed by atoms with van der Waals surface area (Å²) in [7, 11) is 0. The molecule has 0 saturated carbocycles. The molecule has 3 N–H and O–H groups in total. The van der Waals surface area contributed by atoms with Crippen molar-refractivity contribution in [3.05, 3.63) is 96.1 Å². The molecule has 0 aliphatic heterocycles. The molecule has 1 atom stereocenters. The Kier molecular flexibility index (Phi) is 8.77. The molecule has 0 aliphatic rings. The standard InChI is InChI=1S/C27H29N3O3/c1-20(30-26(32)19-28-25(31)16-15-21-9-4-2-5-10-21)18-29-27(33)24-14-8-13-23(17-24)22-11-6-3-7-12-22/h2-14,17,20H,15-16,18-19H2,1H3,(H,28,31)(H,29,33)(H,30,32). The fourth-order valence-electron chi connectivity index (χ4n) is 3.37. The van der Waals surface area contributed by atoms with Crippen molar-refractivity contribution in [3.63, 3.8) is 0 Å². The molecule has 0 fully saturated rings. The van der Waals surface area contributed by atoms with Crippen molar-refractivity contribution in [2.75, 3.05) is 13.1 Å². The third-order valence-electron chi connectivity index (χ3n) is 5.14. The number of carbonyl (C=O) groups excluding carboxylic acids is 3. The number of hydrogen-bond acceptors (Lipinski definition) is 3. The molecule has 1 unspecified atom stereocenters. The van der Waals surface area contributed by atoms with Crippen LogP contribution in [0.25, 0.3) is 11.1 Å². The van der Waals surface area contributed by atoms with E-state index >= 15 is 0 Å². The predicted molar refractivity (Wildman–Crippen MR) is 130 cm³/mol. The molecule has 0 radical (unpaired) electrons. The van der Waals surface area contributed by atoms with Gasteiger partial charge in [-0.15, -0.1) is 0 Å². The van der Waals surface area contributed by atoms with Crippen LogP contribution >= 0.6 is 0 Å². The number of carbonyl (C=O) groups is 3. The molecule has 0 aromatic heterocycles. The fourth-order valence-corrected chi connectivity index (χ4v) is 3.37. The highest BCUT2D eigenvalue weighted by molar-refractivity contribution is 5.95. The van der Waals surface area contributed by atoms with Gasteiger partial charge in [0.25, 0.3) is 5.91 Å². The summed E-state index contributed by atoms with van der Waals surface area (Å²) in [6.45, 7) is 1.99. The van der Waals surface area contributed by atoms with Crippen molar-refractivity contribution in [2.24, 2.45) is 0 Å². The Bertz CT molecular complexity index is 1070. The average Bonchev–Trinajstić information content (AvgIpc) is 2.86. The Morgan fingerprint density at radius 2 is 1.42 bits per heavy atom. The Morgan fingerprint density at radius 1 is 0.758 bits per heavy atom. The summed E-state index contributed by atoms with van der Waals surface area (Å²) in [4.78, 5) is 36.6. The number of amides is 3. The van der Waals surface area contributed by atoms with Gasteiger partial charge >= 0.3 is 0 Å². The highest BCUT2D eigenvalue weighted by atomic mass is 16.2. The van der Waals surface area contributed by atoms with Gasteiger partial charge in [-0.25, -0.2) is 0 Å². The van der Waals surface area contributed by atoms with Gasteiger partial charge in [0, 0.05) is 24.6 Å². The van der Waals surface area contributed by atoms with E-state index in [1.54, 1.807) is 13.0 Å². The van der Waals surface area contributed by atoms with Crippen LogP contribution in [0.15, 0.2) is 84.9 Å². The lowest BCUT2D eigenvalue weighted by Gasteiger charge is -2.15. The summed E-state index contributed by atoms with van der Waals surface area (Å²) in [5, 5.41) is 8.26. The van der Waals surface area contributed by atoms with Crippen LogP contribution in [0.2, 0.25) is 0 Å². The monoisotopic (exact) mass is 443 g/mol. The van der Waals surface area contributed by atoms with Gasteiger partial charge in [0.05, 0.1) is 6.54 Å². The highest BCUT2D eigenvalue weighted by Gasteiger charge is 2.12. The van der Waals surface area contributed by atoms with Crippen molar-refractivity contribution in [1.29, 1.82) is 0 Å². The maximum Gasteiger partial charge on any atom is 0.251 e. The Hall–Kier alpha value is -3.93. The van der Waals surface area contributed by atoms with Crippen molar-refractivity contribution in [1.82, 2.24) is 16.0 Å². The zero-order chi connectivity index (χ0) is 23.5. The van der Waals surface area contributed by atoms with E-state index in [-0.39, 0.29) is 36.9 Å². The first-order valence-corrected chi connectivity index (χ1v) is 11.0. The third-order valence-corrected chi connectivity index (χ3v) is 5.14. The van der Waals surface area contributed by atoms with E-state index in [9.17, 15) is 14.4 Å². The maximum absolute atomic E-state index is 12.5. The second-order valence-corrected chi connectivity index (χ2v) is 7.89. The van der Waals surface area contributed by atoms with Gasteiger partial charge in [-0.2, -0.15) is 0 Å². The van der Waals surface area contributed by atoms with Crippen molar-refractivity contribution < 1.29 is 14.4 Å². The van der Waals surface area contributed by atoms with E-state index in [4.69, 9.17) is 0 Å². The molecular formula is C27H29N3O3.